The summed E-state index contributed by atoms with van der Waals surface area (Å²) in [5, 5.41) is 1.62. The van der Waals surface area contributed by atoms with Gasteiger partial charge in [0.15, 0.2) is 0 Å². The Bertz CT molecular complexity index is 323. The summed E-state index contributed by atoms with van der Waals surface area (Å²) >= 11 is 0. The van der Waals surface area contributed by atoms with Gasteiger partial charge in [-0.05, 0) is 17.7 Å². The van der Waals surface area contributed by atoms with Crippen LogP contribution in [0.2, 0.25) is 0 Å². The van der Waals surface area contributed by atoms with Crippen molar-refractivity contribution in [3.05, 3.63) is 29.8 Å². The van der Waals surface area contributed by atoms with Crippen molar-refractivity contribution in [3.8, 4) is 0 Å². The summed E-state index contributed by atoms with van der Waals surface area (Å²) < 4.78 is 0. The summed E-state index contributed by atoms with van der Waals surface area (Å²) in [7, 11) is 3.55. The Morgan fingerprint density at radius 3 is 2.79 bits per heavy atom. The third-order valence-corrected chi connectivity index (χ3v) is 1.66. The maximum Gasteiger partial charge on any atom is 0.238 e. The zero-order chi connectivity index (χ0) is 10.6. The van der Waals surface area contributed by atoms with E-state index in [9.17, 15) is 4.79 Å². The number of carbonyl (C=O) groups is 1. The third kappa shape index (κ3) is 3.45. The van der Waals surface area contributed by atoms with Gasteiger partial charge >= 0.3 is 0 Å². The number of nitrogens with two attached hydrogens (primary N) is 1. The number of benzene rings is 1. The summed E-state index contributed by atoms with van der Waals surface area (Å²) in [6.45, 7) is 0. The Morgan fingerprint density at radius 2 is 2.21 bits per heavy atom. The number of nitrogens with zero attached hydrogens (tertiary/aromatic N) is 1. The lowest BCUT2D eigenvalue weighted by molar-refractivity contribution is -0.124. The van der Waals surface area contributed by atoms with Gasteiger partial charge in [-0.3, -0.25) is 10.2 Å². The zero-order valence-electron chi connectivity index (χ0n) is 8.45. The molecule has 0 atom stereocenters. The Morgan fingerprint density at radius 1 is 1.50 bits per heavy atom. The number of hydrogen-bond acceptors (Lipinski definition) is 3. The summed E-state index contributed by atoms with van der Waals surface area (Å²) in [6.07, 6.45) is 0.350. The molecule has 0 heterocycles. The minimum absolute atomic E-state index is 0.0411. The first-order valence-corrected chi connectivity index (χ1v) is 4.39. The molecule has 0 aliphatic carbocycles. The summed E-state index contributed by atoms with van der Waals surface area (Å²) in [6, 6.07) is 7.32. The van der Waals surface area contributed by atoms with Crippen molar-refractivity contribution < 1.29 is 4.79 Å². The molecule has 0 spiro atoms. The van der Waals surface area contributed by atoms with Crippen molar-refractivity contribution >= 4 is 11.6 Å². The second-order valence-corrected chi connectivity index (χ2v) is 3.35. The molecule has 1 aromatic carbocycles. The lowest BCUT2D eigenvalue weighted by Crippen LogP contribution is -2.37. The molecule has 4 nitrogen and oxygen atoms in total. The van der Waals surface area contributed by atoms with Crippen LogP contribution >= 0.6 is 0 Å². The highest BCUT2D eigenvalue weighted by atomic mass is 16.2. The first-order valence-electron chi connectivity index (χ1n) is 4.39. The summed E-state index contributed by atoms with van der Waals surface area (Å²) in [5.74, 6) is -0.0411. The largest absolute Gasteiger partial charge is 0.399 e. The molecule has 76 valence electrons. The van der Waals surface area contributed by atoms with E-state index in [2.05, 4.69) is 5.43 Å². The van der Waals surface area contributed by atoms with Crippen LogP contribution in [0.1, 0.15) is 5.56 Å². The van der Waals surface area contributed by atoms with Crippen LogP contribution in [0.15, 0.2) is 24.3 Å². The summed E-state index contributed by atoms with van der Waals surface area (Å²) in [5.41, 5.74) is 9.86. The molecule has 0 aliphatic heterocycles. The molecule has 14 heavy (non-hydrogen) atoms. The Kier molecular flexibility index (Phi) is 3.48. The maximum absolute atomic E-state index is 11.3. The summed E-state index contributed by atoms with van der Waals surface area (Å²) in [4.78, 5) is 11.3. The predicted molar refractivity (Wildman–Crippen MR) is 56.4 cm³/mol. The average Bonchev–Trinajstić information content (AvgIpc) is 2.01. The van der Waals surface area contributed by atoms with Gasteiger partial charge in [0.2, 0.25) is 5.91 Å². The molecule has 0 saturated heterocycles. The fourth-order valence-electron chi connectivity index (χ4n) is 1.18. The van der Waals surface area contributed by atoms with E-state index in [1.165, 1.54) is 0 Å². The van der Waals surface area contributed by atoms with Crippen LogP contribution in [0.4, 0.5) is 5.69 Å². The van der Waals surface area contributed by atoms with Crippen LogP contribution < -0.4 is 11.2 Å². The van der Waals surface area contributed by atoms with Crippen LogP contribution in [0.5, 0.6) is 0 Å². The second kappa shape index (κ2) is 4.62. The van der Waals surface area contributed by atoms with Crippen LogP contribution in [0, 0.1) is 0 Å². The van der Waals surface area contributed by atoms with Crippen molar-refractivity contribution in [2.75, 3.05) is 19.8 Å². The lowest BCUT2D eigenvalue weighted by Gasteiger charge is -2.11. The molecule has 0 saturated carbocycles. The number of amides is 1. The van der Waals surface area contributed by atoms with Crippen LogP contribution in [-0.4, -0.2) is 25.0 Å². The third-order valence-electron chi connectivity index (χ3n) is 1.66. The van der Waals surface area contributed by atoms with E-state index in [1.807, 2.05) is 12.1 Å². The van der Waals surface area contributed by atoms with Gasteiger partial charge in [0, 0.05) is 19.8 Å². The number of anilines is 1. The van der Waals surface area contributed by atoms with Gasteiger partial charge in [0.05, 0.1) is 6.42 Å². The molecule has 3 N–H and O–H groups in total. The van der Waals surface area contributed by atoms with Gasteiger partial charge in [0.25, 0.3) is 0 Å². The first kappa shape index (κ1) is 10.5. The highest BCUT2D eigenvalue weighted by Crippen LogP contribution is 2.06. The minimum Gasteiger partial charge on any atom is -0.399 e. The molecule has 1 aromatic rings. The van der Waals surface area contributed by atoms with Gasteiger partial charge < -0.3 is 5.73 Å². The first-order chi connectivity index (χ1) is 6.58. The van der Waals surface area contributed by atoms with E-state index in [0.717, 1.165) is 5.56 Å². The van der Waals surface area contributed by atoms with Gasteiger partial charge in [0.1, 0.15) is 0 Å². The molecule has 0 radical (unpaired) electrons. The zero-order valence-corrected chi connectivity index (χ0v) is 8.45. The van der Waals surface area contributed by atoms with Gasteiger partial charge in [-0.1, -0.05) is 12.1 Å². The van der Waals surface area contributed by atoms with Gasteiger partial charge in [-0.15, -0.1) is 0 Å². The molecule has 1 amide bonds. The number of hydrazine groups is 1. The molecule has 0 unspecified atom stereocenters. The lowest BCUT2D eigenvalue weighted by atomic mass is 10.1. The molecular formula is C10H15N3O. The Labute approximate surface area is 83.7 Å². The second-order valence-electron chi connectivity index (χ2n) is 3.35. The van der Waals surface area contributed by atoms with Gasteiger partial charge in [-0.2, -0.15) is 0 Å². The van der Waals surface area contributed by atoms with Crippen LogP contribution in [0.3, 0.4) is 0 Å². The normalized spacial score (nSPS) is 10.2. The molecular weight excluding hydrogens is 178 g/mol. The monoisotopic (exact) mass is 193 g/mol. The van der Waals surface area contributed by atoms with Gasteiger partial charge in [-0.25, -0.2) is 5.01 Å². The average molecular weight is 193 g/mol. The standard InChI is InChI=1S/C10H15N3O/c1-13(2)12-10(14)7-8-4-3-5-9(11)6-8/h3-6H,7,11H2,1-2H3,(H,12,14). The van der Waals surface area contributed by atoms with Crippen LogP contribution in [-0.2, 0) is 11.2 Å². The number of hydrogen-bond donors (Lipinski definition) is 2. The Balaban J connectivity index is 2.56. The smallest absolute Gasteiger partial charge is 0.238 e. The minimum atomic E-state index is -0.0411. The quantitative estimate of drug-likeness (QED) is 0.540. The number of carbonyl (C=O) groups excluding carboxylic acids is 1. The molecule has 0 aromatic heterocycles. The van der Waals surface area contributed by atoms with Crippen molar-refractivity contribution in [1.82, 2.24) is 10.4 Å². The SMILES string of the molecule is CN(C)NC(=O)Cc1cccc(N)c1. The maximum atomic E-state index is 11.3. The van der Waals surface area contributed by atoms with Crippen molar-refractivity contribution in [3.63, 3.8) is 0 Å². The number of nitrogens with one attached hydrogen (secondary N) is 1. The van der Waals surface area contributed by atoms with Crippen molar-refractivity contribution in [1.29, 1.82) is 0 Å². The van der Waals surface area contributed by atoms with Crippen molar-refractivity contribution in [2.24, 2.45) is 0 Å². The fourth-order valence-corrected chi connectivity index (χ4v) is 1.18. The van der Waals surface area contributed by atoms with E-state index in [0.29, 0.717) is 12.1 Å². The van der Waals surface area contributed by atoms with Crippen molar-refractivity contribution in [2.45, 2.75) is 6.42 Å². The van der Waals surface area contributed by atoms with E-state index in [4.69, 9.17) is 5.73 Å². The van der Waals surface area contributed by atoms with E-state index >= 15 is 0 Å². The Hall–Kier alpha value is -1.55. The highest BCUT2D eigenvalue weighted by Gasteiger charge is 2.03. The topological polar surface area (TPSA) is 58.4 Å². The number of rotatable bonds is 3. The molecule has 0 aliphatic rings. The fraction of sp³-hybridized carbons (Fsp3) is 0.300. The van der Waals surface area contributed by atoms with Crippen LogP contribution in [0.25, 0.3) is 0 Å². The van der Waals surface area contributed by atoms with E-state index in [1.54, 1.807) is 31.2 Å². The molecule has 4 heteroatoms. The molecule has 1 rings (SSSR count). The molecule has 0 fully saturated rings. The van der Waals surface area contributed by atoms with E-state index < -0.39 is 0 Å². The highest BCUT2D eigenvalue weighted by molar-refractivity contribution is 5.78. The predicted octanol–water partition coefficient (Wildman–Crippen LogP) is 0.404. The number of nitrogen functional groups attached to an aromatic ring is 1. The molecule has 0 bridgehead atoms. The van der Waals surface area contributed by atoms with E-state index in [-0.39, 0.29) is 5.91 Å².